The van der Waals surface area contributed by atoms with Crippen molar-refractivity contribution in [1.29, 1.82) is 0 Å². The molecule has 0 amide bonds. The van der Waals surface area contributed by atoms with Gasteiger partial charge in [0.05, 0.1) is 0 Å². The third-order valence-corrected chi connectivity index (χ3v) is 6.79. The average molecular weight is 289 g/mol. The van der Waals surface area contributed by atoms with E-state index in [4.69, 9.17) is 0 Å². The van der Waals surface area contributed by atoms with Crippen LogP contribution in [0.3, 0.4) is 0 Å². The van der Waals surface area contributed by atoms with Crippen LogP contribution in [0.2, 0.25) is 0 Å². The molecule has 0 saturated heterocycles. The van der Waals surface area contributed by atoms with Crippen molar-refractivity contribution in [2.45, 2.75) is 24.7 Å². The molecule has 0 saturated carbocycles. The highest BCUT2D eigenvalue weighted by molar-refractivity contribution is 8.55. The molecule has 1 aromatic carbocycles. The van der Waals surface area contributed by atoms with Gasteiger partial charge in [0.15, 0.2) is 0 Å². The van der Waals surface area contributed by atoms with Crippen LogP contribution in [-0.4, -0.2) is 17.8 Å². The zero-order valence-electron chi connectivity index (χ0n) is 11.5. The Labute approximate surface area is 121 Å². The van der Waals surface area contributed by atoms with E-state index in [1.54, 1.807) is 0 Å². The van der Waals surface area contributed by atoms with Gasteiger partial charge < -0.3 is 0 Å². The molecule has 0 bridgehead atoms. The second-order valence-corrected chi connectivity index (χ2v) is 9.34. The van der Waals surface area contributed by atoms with Gasteiger partial charge >= 0.3 is 0 Å². The van der Waals surface area contributed by atoms with E-state index in [9.17, 15) is 0 Å². The van der Waals surface area contributed by atoms with Gasteiger partial charge in [-0.25, -0.2) is 0 Å². The molecular weight excluding hydrogens is 269 g/mol. The minimum atomic E-state index is 0.0777. The van der Waals surface area contributed by atoms with E-state index >= 15 is 0 Å². The summed E-state index contributed by atoms with van der Waals surface area (Å²) in [5, 5.41) is 0. The molecule has 2 rings (SSSR count). The molecule has 0 aliphatic rings. The van der Waals surface area contributed by atoms with Crippen LogP contribution in [0.25, 0.3) is 11.1 Å². The highest BCUT2D eigenvalue weighted by atomic mass is 32.7. The van der Waals surface area contributed by atoms with Crippen LogP contribution in [0.5, 0.6) is 0 Å². The predicted molar refractivity (Wildman–Crippen MR) is 88.1 cm³/mol. The maximum atomic E-state index is 4.16. The average Bonchev–Trinajstić information content (AvgIpc) is 2.47. The summed E-state index contributed by atoms with van der Waals surface area (Å²) >= 11 is 2.04. The van der Waals surface area contributed by atoms with E-state index in [0.29, 0.717) is 0 Å². The lowest BCUT2D eigenvalue weighted by Gasteiger charge is -2.11. The molecule has 0 aliphatic carbocycles. The molecule has 1 aromatic heterocycles. The van der Waals surface area contributed by atoms with Crippen molar-refractivity contribution in [3.63, 3.8) is 0 Å². The number of unbranched alkanes of at least 4 members (excludes halogenated alkanes) is 1. The van der Waals surface area contributed by atoms with Crippen molar-refractivity contribution >= 4 is 18.5 Å². The fourth-order valence-electron chi connectivity index (χ4n) is 1.85. The lowest BCUT2D eigenvalue weighted by Crippen LogP contribution is -1.81. The molecule has 1 unspecified atom stereocenters. The van der Waals surface area contributed by atoms with E-state index in [0.717, 1.165) is 0 Å². The number of aromatic nitrogens is 1. The largest absolute Gasteiger partial charge is 0.264 e. The molecule has 1 nitrogen and oxygen atoms in total. The molecule has 1 heterocycles. The first kappa shape index (κ1) is 14.6. The summed E-state index contributed by atoms with van der Waals surface area (Å²) in [6.45, 7) is 4.64. The second kappa shape index (κ2) is 7.67. The van der Waals surface area contributed by atoms with Crippen LogP contribution in [0.1, 0.15) is 19.8 Å². The van der Waals surface area contributed by atoms with Crippen LogP contribution in [-0.2, 0) is 0 Å². The highest BCUT2D eigenvalue weighted by Crippen LogP contribution is 2.51. The molecule has 0 fully saturated rings. The molecule has 0 N–H and O–H groups in total. The summed E-state index contributed by atoms with van der Waals surface area (Å²) in [4.78, 5) is 5.55. The van der Waals surface area contributed by atoms with Crippen molar-refractivity contribution in [2.24, 2.45) is 0 Å². The fourth-order valence-corrected chi connectivity index (χ4v) is 5.42. The van der Waals surface area contributed by atoms with Crippen molar-refractivity contribution in [2.75, 3.05) is 12.8 Å². The van der Waals surface area contributed by atoms with E-state index in [1.807, 2.05) is 29.8 Å². The number of rotatable bonds is 6. The Hall–Kier alpha value is -0.850. The molecule has 0 spiro atoms. The van der Waals surface area contributed by atoms with Gasteiger partial charge in [-0.1, -0.05) is 42.9 Å². The zero-order chi connectivity index (χ0) is 13.5. The Morgan fingerprint density at radius 1 is 1.11 bits per heavy atom. The maximum absolute atomic E-state index is 4.16. The molecular formula is C16H20NPS. The normalized spacial score (nSPS) is 12.3. The number of benzene rings is 1. The number of hydrogen-bond acceptors (Lipinski definition) is 2. The molecule has 3 heteroatoms. The smallest absolute Gasteiger partial charge is 0.0346 e. The Kier molecular flexibility index (Phi) is 5.88. The van der Waals surface area contributed by atoms with E-state index < -0.39 is 0 Å². The summed E-state index contributed by atoms with van der Waals surface area (Å²) < 4.78 is 0. The van der Waals surface area contributed by atoms with E-state index in [1.165, 1.54) is 35.0 Å². The maximum Gasteiger partial charge on any atom is 0.0346 e. The molecule has 1 atom stereocenters. The summed E-state index contributed by atoms with van der Waals surface area (Å²) in [5.74, 6) is 0. The van der Waals surface area contributed by atoms with Crippen molar-refractivity contribution in [3.05, 3.63) is 48.8 Å². The summed E-state index contributed by atoms with van der Waals surface area (Å²) in [5.41, 5.74) is 2.43. The van der Waals surface area contributed by atoms with Crippen LogP contribution in [0, 0.1) is 0 Å². The minimum Gasteiger partial charge on any atom is -0.264 e. The standard InChI is InChI=1S/C16H20NPS/c1-3-4-12-18(2)19-16-9-7-14(8-10-16)15-6-5-11-17-13-15/h5-11,13H,3-4,12H2,1-2H3. The van der Waals surface area contributed by atoms with Gasteiger partial charge in [-0.2, -0.15) is 0 Å². The van der Waals surface area contributed by atoms with E-state index in [-0.39, 0.29) is 7.12 Å². The first-order valence-electron chi connectivity index (χ1n) is 6.69. The minimum absolute atomic E-state index is 0.0777. The van der Waals surface area contributed by atoms with Crippen molar-refractivity contribution < 1.29 is 0 Å². The first-order chi connectivity index (χ1) is 9.29. The van der Waals surface area contributed by atoms with Gasteiger partial charge in [0.2, 0.25) is 0 Å². The second-order valence-electron chi connectivity index (χ2n) is 4.56. The molecule has 100 valence electrons. The van der Waals surface area contributed by atoms with Crippen molar-refractivity contribution in [3.8, 4) is 11.1 Å². The topological polar surface area (TPSA) is 12.9 Å². The van der Waals surface area contributed by atoms with Crippen LogP contribution in [0.4, 0.5) is 0 Å². The van der Waals surface area contributed by atoms with Gasteiger partial charge in [-0.3, -0.25) is 4.98 Å². The van der Waals surface area contributed by atoms with E-state index in [2.05, 4.69) is 48.9 Å². The SMILES string of the molecule is CCCCP(C)Sc1ccc(-c2cccnc2)cc1. The van der Waals surface area contributed by atoms with Gasteiger partial charge in [-0.05, 0) is 55.7 Å². The quantitative estimate of drug-likeness (QED) is 0.636. The molecule has 2 aromatic rings. The Bertz CT molecular complexity index is 484. The number of pyridine rings is 1. The monoisotopic (exact) mass is 289 g/mol. The van der Waals surface area contributed by atoms with Crippen molar-refractivity contribution in [1.82, 2.24) is 4.98 Å². The highest BCUT2D eigenvalue weighted by Gasteiger charge is 2.04. The summed E-state index contributed by atoms with van der Waals surface area (Å²) in [6.07, 6.45) is 7.73. The van der Waals surface area contributed by atoms with Crippen LogP contribution >= 0.6 is 18.5 Å². The van der Waals surface area contributed by atoms with Crippen LogP contribution in [0.15, 0.2) is 53.7 Å². The Morgan fingerprint density at radius 3 is 2.53 bits per heavy atom. The Balaban J connectivity index is 1.99. The lowest BCUT2D eigenvalue weighted by molar-refractivity contribution is 0.894. The number of nitrogens with zero attached hydrogens (tertiary/aromatic N) is 1. The van der Waals surface area contributed by atoms with Gasteiger partial charge in [0.1, 0.15) is 0 Å². The first-order valence-corrected chi connectivity index (χ1v) is 10.1. The van der Waals surface area contributed by atoms with Gasteiger partial charge in [0, 0.05) is 17.3 Å². The third kappa shape index (κ3) is 4.63. The van der Waals surface area contributed by atoms with Gasteiger partial charge in [-0.15, -0.1) is 0 Å². The molecule has 19 heavy (non-hydrogen) atoms. The van der Waals surface area contributed by atoms with Gasteiger partial charge in [0.25, 0.3) is 0 Å². The summed E-state index contributed by atoms with van der Waals surface area (Å²) in [7, 11) is 0.0777. The summed E-state index contributed by atoms with van der Waals surface area (Å²) in [6, 6.07) is 12.9. The predicted octanol–water partition coefficient (Wildman–Crippen LogP) is 5.67. The number of hydrogen-bond donors (Lipinski definition) is 0. The third-order valence-electron chi connectivity index (χ3n) is 2.94. The molecule has 0 aliphatic heterocycles. The fraction of sp³-hybridized carbons (Fsp3) is 0.312. The molecule has 0 radical (unpaired) electrons. The lowest BCUT2D eigenvalue weighted by atomic mass is 10.1. The van der Waals surface area contributed by atoms with Crippen LogP contribution < -0.4 is 0 Å². The Morgan fingerprint density at radius 2 is 1.89 bits per heavy atom. The zero-order valence-corrected chi connectivity index (χ0v) is 13.3.